The van der Waals surface area contributed by atoms with E-state index in [2.05, 4.69) is 5.32 Å². The van der Waals surface area contributed by atoms with E-state index in [9.17, 15) is 9.90 Å². The molecule has 1 amide bonds. The summed E-state index contributed by atoms with van der Waals surface area (Å²) in [6.45, 7) is 3.84. The summed E-state index contributed by atoms with van der Waals surface area (Å²) in [4.78, 5) is 11.1. The van der Waals surface area contributed by atoms with Crippen LogP contribution in [-0.2, 0) is 4.79 Å². The summed E-state index contributed by atoms with van der Waals surface area (Å²) in [5, 5.41) is 12.3. The van der Waals surface area contributed by atoms with Crippen LogP contribution in [-0.4, -0.2) is 23.7 Å². The van der Waals surface area contributed by atoms with E-state index < -0.39 is 0 Å². The van der Waals surface area contributed by atoms with Gasteiger partial charge in [-0.05, 0) is 18.6 Å². The fourth-order valence-corrected chi connectivity index (χ4v) is 1.67. The highest BCUT2D eigenvalue weighted by molar-refractivity contribution is 5.93. The molecule has 0 aromatic heterocycles. The van der Waals surface area contributed by atoms with Gasteiger partial charge in [-0.1, -0.05) is 6.92 Å². The molecule has 1 aliphatic heterocycles. The molecule has 1 unspecified atom stereocenters. The zero-order valence-corrected chi connectivity index (χ0v) is 9.82. The zero-order chi connectivity index (χ0) is 12.4. The SMILES string of the molecule is CCC1COc2ccc(O)c(NC(C)=O)c2O1. The average Bonchev–Trinajstić information content (AvgIpc) is 2.32. The Hall–Kier alpha value is -1.91. The molecule has 1 aromatic rings. The van der Waals surface area contributed by atoms with E-state index in [0.717, 1.165) is 6.42 Å². The van der Waals surface area contributed by atoms with Gasteiger partial charge in [-0.2, -0.15) is 0 Å². The van der Waals surface area contributed by atoms with E-state index in [1.54, 1.807) is 6.07 Å². The third-order valence-corrected chi connectivity index (χ3v) is 2.57. The molecular weight excluding hydrogens is 222 g/mol. The molecule has 0 aliphatic carbocycles. The highest BCUT2D eigenvalue weighted by Gasteiger charge is 2.25. The van der Waals surface area contributed by atoms with Crippen LogP contribution in [0.3, 0.4) is 0 Å². The number of rotatable bonds is 2. The number of benzene rings is 1. The summed E-state index contributed by atoms with van der Waals surface area (Å²) in [5.41, 5.74) is 0.271. The number of aromatic hydroxyl groups is 1. The van der Waals surface area contributed by atoms with Crippen molar-refractivity contribution in [1.82, 2.24) is 0 Å². The van der Waals surface area contributed by atoms with Crippen LogP contribution in [0.1, 0.15) is 20.3 Å². The Bertz CT molecular complexity index is 444. The Morgan fingerprint density at radius 1 is 1.59 bits per heavy atom. The van der Waals surface area contributed by atoms with Gasteiger partial charge in [0.15, 0.2) is 11.5 Å². The maximum Gasteiger partial charge on any atom is 0.221 e. The number of phenolic OH excluding ortho intramolecular Hbond substituents is 1. The average molecular weight is 237 g/mol. The van der Waals surface area contributed by atoms with Crippen LogP contribution < -0.4 is 14.8 Å². The van der Waals surface area contributed by atoms with Crippen LogP contribution >= 0.6 is 0 Å². The van der Waals surface area contributed by atoms with Crippen molar-refractivity contribution in [1.29, 1.82) is 0 Å². The lowest BCUT2D eigenvalue weighted by atomic mass is 10.2. The molecule has 0 spiro atoms. The Morgan fingerprint density at radius 3 is 3.00 bits per heavy atom. The van der Waals surface area contributed by atoms with Crippen molar-refractivity contribution >= 4 is 11.6 Å². The number of carbonyl (C=O) groups excluding carboxylic acids is 1. The molecule has 0 bridgehead atoms. The summed E-state index contributed by atoms with van der Waals surface area (Å²) in [6, 6.07) is 3.10. The van der Waals surface area contributed by atoms with Crippen LogP contribution in [0.15, 0.2) is 12.1 Å². The van der Waals surface area contributed by atoms with Gasteiger partial charge in [0.2, 0.25) is 5.91 Å². The number of hydrogen-bond donors (Lipinski definition) is 2. The largest absolute Gasteiger partial charge is 0.506 e. The lowest BCUT2D eigenvalue weighted by Gasteiger charge is -2.27. The number of carbonyl (C=O) groups is 1. The zero-order valence-electron chi connectivity index (χ0n) is 9.82. The summed E-state index contributed by atoms with van der Waals surface area (Å²) in [7, 11) is 0. The van der Waals surface area contributed by atoms with Crippen molar-refractivity contribution in [2.45, 2.75) is 26.4 Å². The number of amides is 1. The first-order valence-electron chi connectivity index (χ1n) is 5.54. The lowest BCUT2D eigenvalue weighted by Crippen LogP contribution is -2.29. The van der Waals surface area contributed by atoms with Crippen LogP contribution in [0, 0.1) is 0 Å². The van der Waals surface area contributed by atoms with E-state index in [1.807, 2.05) is 6.92 Å². The number of hydrogen-bond acceptors (Lipinski definition) is 4. The van der Waals surface area contributed by atoms with Gasteiger partial charge >= 0.3 is 0 Å². The van der Waals surface area contributed by atoms with Gasteiger partial charge in [0.1, 0.15) is 24.1 Å². The predicted octanol–water partition coefficient (Wildman–Crippen LogP) is 1.90. The summed E-state index contributed by atoms with van der Waals surface area (Å²) < 4.78 is 11.2. The molecule has 0 radical (unpaired) electrons. The van der Waals surface area contributed by atoms with Gasteiger partial charge in [0.05, 0.1) is 0 Å². The molecule has 0 saturated carbocycles. The minimum Gasteiger partial charge on any atom is -0.506 e. The second-order valence-electron chi connectivity index (χ2n) is 3.93. The number of nitrogens with one attached hydrogen (secondary N) is 1. The van der Waals surface area contributed by atoms with Gasteiger partial charge in [-0.15, -0.1) is 0 Å². The molecule has 1 atom stereocenters. The Kier molecular flexibility index (Phi) is 3.08. The lowest BCUT2D eigenvalue weighted by molar-refractivity contribution is -0.114. The second kappa shape index (κ2) is 4.53. The first-order chi connectivity index (χ1) is 8.11. The molecule has 2 rings (SSSR count). The number of fused-ring (bicyclic) bond motifs is 1. The molecule has 1 aromatic carbocycles. The third-order valence-electron chi connectivity index (χ3n) is 2.57. The normalized spacial score (nSPS) is 17.6. The molecule has 92 valence electrons. The quantitative estimate of drug-likeness (QED) is 0.771. The molecule has 1 aliphatic rings. The fraction of sp³-hybridized carbons (Fsp3) is 0.417. The van der Waals surface area contributed by atoms with Crippen molar-refractivity contribution in [2.75, 3.05) is 11.9 Å². The monoisotopic (exact) mass is 237 g/mol. The van der Waals surface area contributed by atoms with Gasteiger partial charge in [-0.25, -0.2) is 0 Å². The Balaban J connectivity index is 2.40. The topological polar surface area (TPSA) is 67.8 Å². The minimum atomic E-state index is -0.268. The van der Waals surface area contributed by atoms with Crippen molar-refractivity contribution in [2.24, 2.45) is 0 Å². The van der Waals surface area contributed by atoms with Crippen molar-refractivity contribution in [3.8, 4) is 17.2 Å². The van der Waals surface area contributed by atoms with Crippen molar-refractivity contribution in [3.63, 3.8) is 0 Å². The predicted molar refractivity (Wildman–Crippen MR) is 62.6 cm³/mol. The summed E-state index contributed by atoms with van der Waals surface area (Å²) >= 11 is 0. The van der Waals surface area contributed by atoms with Crippen LogP contribution in [0.2, 0.25) is 0 Å². The van der Waals surface area contributed by atoms with E-state index in [1.165, 1.54) is 13.0 Å². The van der Waals surface area contributed by atoms with E-state index in [0.29, 0.717) is 18.1 Å². The van der Waals surface area contributed by atoms with Crippen molar-refractivity contribution in [3.05, 3.63) is 12.1 Å². The van der Waals surface area contributed by atoms with Crippen LogP contribution in [0.5, 0.6) is 17.2 Å². The maximum atomic E-state index is 11.1. The van der Waals surface area contributed by atoms with Gasteiger partial charge in [0.25, 0.3) is 0 Å². The van der Waals surface area contributed by atoms with Gasteiger partial charge < -0.3 is 19.9 Å². The molecule has 2 N–H and O–H groups in total. The fourth-order valence-electron chi connectivity index (χ4n) is 1.67. The molecule has 5 heteroatoms. The van der Waals surface area contributed by atoms with E-state index in [4.69, 9.17) is 9.47 Å². The summed E-state index contributed by atoms with van der Waals surface area (Å²) in [5.74, 6) is 0.643. The molecule has 0 saturated heterocycles. The number of ether oxygens (including phenoxy) is 2. The Labute approximate surface area is 99.3 Å². The summed E-state index contributed by atoms with van der Waals surface area (Å²) in [6.07, 6.45) is 0.742. The van der Waals surface area contributed by atoms with E-state index in [-0.39, 0.29) is 23.4 Å². The van der Waals surface area contributed by atoms with Crippen LogP contribution in [0.4, 0.5) is 5.69 Å². The molecule has 0 fully saturated rings. The first kappa shape index (κ1) is 11.6. The van der Waals surface area contributed by atoms with Crippen LogP contribution in [0.25, 0.3) is 0 Å². The highest BCUT2D eigenvalue weighted by Crippen LogP contribution is 2.44. The smallest absolute Gasteiger partial charge is 0.221 e. The Morgan fingerprint density at radius 2 is 2.35 bits per heavy atom. The minimum absolute atomic E-state index is 0.0284. The standard InChI is InChI=1S/C12H15NO4/c1-3-8-6-16-10-5-4-9(15)11(12(10)17-8)13-7(2)14/h4-5,8,15H,3,6H2,1-2H3,(H,13,14). The molecular formula is C12H15NO4. The van der Waals surface area contributed by atoms with Crippen molar-refractivity contribution < 1.29 is 19.4 Å². The molecule has 5 nitrogen and oxygen atoms in total. The highest BCUT2D eigenvalue weighted by atomic mass is 16.6. The number of anilines is 1. The maximum absolute atomic E-state index is 11.1. The first-order valence-corrected chi connectivity index (χ1v) is 5.54. The van der Waals surface area contributed by atoms with E-state index >= 15 is 0 Å². The van der Waals surface area contributed by atoms with Gasteiger partial charge in [-0.3, -0.25) is 4.79 Å². The second-order valence-corrected chi connectivity index (χ2v) is 3.93. The number of phenols is 1. The molecule has 17 heavy (non-hydrogen) atoms. The molecule has 1 heterocycles. The van der Waals surface area contributed by atoms with Gasteiger partial charge in [0, 0.05) is 6.92 Å². The third kappa shape index (κ3) is 2.27.